The van der Waals surface area contributed by atoms with Crippen LogP contribution in [0.25, 0.3) is 0 Å². The lowest BCUT2D eigenvalue weighted by molar-refractivity contribution is -0.0498. The van der Waals surface area contributed by atoms with Gasteiger partial charge in [0.2, 0.25) is 10.0 Å². The lowest BCUT2D eigenvalue weighted by Crippen LogP contribution is -2.35. The molecule has 0 bridgehead atoms. The molecule has 0 atom stereocenters. The number of nitrogens with zero attached hydrogens (tertiary/aromatic N) is 1. The van der Waals surface area contributed by atoms with Crippen molar-refractivity contribution >= 4 is 33.0 Å². The summed E-state index contributed by atoms with van der Waals surface area (Å²) >= 11 is 1.63. The lowest BCUT2D eigenvalue weighted by Gasteiger charge is -2.26. The Hall–Kier alpha value is -2.82. The molecule has 0 spiro atoms. The summed E-state index contributed by atoms with van der Waals surface area (Å²) in [6, 6.07) is 13.2. The second-order valence-electron chi connectivity index (χ2n) is 6.84. The zero-order valence-electron chi connectivity index (χ0n) is 16.1. The number of nitrogens with one attached hydrogen (secondary N) is 1. The summed E-state index contributed by atoms with van der Waals surface area (Å²) in [5.74, 6) is -0.547. The van der Waals surface area contributed by atoms with Crippen molar-refractivity contribution in [3.8, 4) is 5.75 Å². The molecule has 1 N–H and O–H groups in total. The number of hydrogen-bond acceptors (Lipinski definition) is 5. The van der Waals surface area contributed by atoms with E-state index in [1.807, 2.05) is 11.4 Å². The molecule has 0 saturated heterocycles. The van der Waals surface area contributed by atoms with Crippen LogP contribution in [0.5, 0.6) is 5.75 Å². The van der Waals surface area contributed by atoms with Gasteiger partial charge in [-0.3, -0.25) is 4.79 Å². The molecule has 6 nitrogen and oxygen atoms in total. The maximum Gasteiger partial charge on any atom is 0.387 e. The van der Waals surface area contributed by atoms with Crippen molar-refractivity contribution in [2.45, 2.75) is 24.5 Å². The molecule has 4 rings (SSSR count). The summed E-state index contributed by atoms with van der Waals surface area (Å²) < 4.78 is 56.4. The Labute approximate surface area is 182 Å². The largest absolute Gasteiger partial charge is 0.435 e. The van der Waals surface area contributed by atoms with Crippen LogP contribution in [0.4, 0.5) is 14.5 Å². The van der Waals surface area contributed by atoms with E-state index >= 15 is 0 Å². The quantitative estimate of drug-likeness (QED) is 0.589. The molecule has 0 unspecified atom stereocenters. The summed E-state index contributed by atoms with van der Waals surface area (Å²) in [6.07, 6.45) is 0.664. The van der Waals surface area contributed by atoms with Gasteiger partial charge in [0, 0.05) is 29.2 Å². The van der Waals surface area contributed by atoms with Gasteiger partial charge in [0.05, 0.1) is 4.90 Å². The topological polar surface area (TPSA) is 75.7 Å². The van der Waals surface area contributed by atoms with E-state index in [1.54, 1.807) is 11.3 Å². The predicted molar refractivity (Wildman–Crippen MR) is 113 cm³/mol. The Balaban J connectivity index is 1.49. The van der Waals surface area contributed by atoms with Crippen LogP contribution in [0.3, 0.4) is 0 Å². The molecule has 10 heteroatoms. The van der Waals surface area contributed by atoms with Crippen molar-refractivity contribution in [2.75, 3.05) is 11.9 Å². The maximum atomic E-state index is 13.1. The van der Waals surface area contributed by atoms with Crippen molar-refractivity contribution in [1.29, 1.82) is 0 Å². The third kappa shape index (κ3) is 4.76. The first-order chi connectivity index (χ1) is 14.8. The molecule has 3 aromatic rings. The average molecular weight is 465 g/mol. The third-order valence-electron chi connectivity index (χ3n) is 4.84. The monoisotopic (exact) mass is 464 g/mol. The van der Waals surface area contributed by atoms with Gasteiger partial charge in [-0.2, -0.15) is 13.1 Å². The average Bonchev–Trinajstić information content (AvgIpc) is 3.23. The highest BCUT2D eigenvalue weighted by atomic mass is 32.2. The summed E-state index contributed by atoms with van der Waals surface area (Å²) in [5, 5.41) is 4.57. The molecule has 162 valence electrons. The lowest BCUT2D eigenvalue weighted by atomic mass is 10.1. The van der Waals surface area contributed by atoms with E-state index in [0.29, 0.717) is 25.2 Å². The van der Waals surface area contributed by atoms with Gasteiger partial charge < -0.3 is 10.1 Å². The van der Waals surface area contributed by atoms with Crippen LogP contribution in [0, 0.1) is 0 Å². The van der Waals surface area contributed by atoms with Gasteiger partial charge in [-0.15, -0.1) is 11.3 Å². The highest BCUT2D eigenvalue weighted by Gasteiger charge is 2.29. The van der Waals surface area contributed by atoms with Crippen LogP contribution >= 0.6 is 11.3 Å². The first-order valence-electron chi connectivity index (χ1n) is 9.34. The number of sulfonamides is 1. The number of benzene rings is 2. The molecule has 1 aliphatic heterocycles. The smallest absolute Gasteiger partial charge is 0.387 e. The van der Waals surface area contributed by atoms with Crippen LogP contribution in [-0.4, -0.2) is 31.8 Å². The number of rotatable bonds is 6. The van der Waals surface area contributed by atoms with Gasteiger partial charge in [0.15, 0.2) is 0 Å². The van der Waals surface area contributed by atoms with E-state index in [4.69, 9.17) is 0 Å². The second-order valence-corrected chi connectivity index (χ2v) is 9.78. The zero-order valence-corrected chi connectivity index (χ0v) is 17.8. The number of amides is 1. The molecule has 1 aliphatic rings. The first kappa shape index (κ1) is 21.4. The fraction of sp³-hybridized carbons (Fsp3) is 0.190. The van der Waals surface area contributed by atoms with Crippen LogP contribution < -0.4 is 10.1 Å². The van der Waals surface area contributed by atoms with Gasteiger partial charge in [0.1, 0.15) is 5.75 Å². The molecular weight excluding hydrogens is 446 g/mol. The van der Waals surface area contributed by atoms with E-state index in [-0.39, 0.29) is 16.2 Å². The summed E-state index contributed by atoms with van der Waals surface area (Å²) in [6.45, 7) is -2.24. The van der Waals surface area contributed by atoms with Gasteiger partial charge in [-0.25, -0.2) is 8.42 Å². The number of ether oxygens (including phenoxy) is 1. The number of hydrogen-bond donors (Lipinski definition) is 1. The molecule has 31 heavy (non-hydrogen) atoms. The molecule has 2 heterocycles. The van der Waals surface area contributed by atoms with Crippen LogP contribution in [0.1, 0.15) is 20.8 Å². The highest BCUT2D eigenvalue weighted by molar-refractivity contribution is 7.89. The third-order valence-corrected chi connectivity index (χ3v) is 7.71. The van der Waals surface area contributed by atoms with Gasteiger partial charge in [-0.05, 0) is 65.9 Å². The Morgan fingerprint density at radius 3 is 2.65 bits per heavy atom. The summed E-state index contributed by atoms with van der Waals surface area (Å²) in [5.41, 5.74) is 1.54. The van der Waals surface area contributed by atoms with Crippen LogP contribution in [-0.2, 0) is 23.0 Å². The number of carbonyl (C=O) groups is 1. The normalized spacial score (nSPS) is 14.3. The maximum absolute atomic E-state index is 13.1. The fourth-order valence-corrected chi connectivity index (χ4v) is 5.65. The number of carbonyl (C=O) groups excluding carboxylic acids is 1. The first-order valence-corrected chi connectivity index (χ1v) is 11.7. The van der Waals surface area contributed by atoms with E-state index in [2.05, 4.69) is 10.1 Å². The highest BCUT2D eigenvalue weighted by Crippen LogP contribution is 2.28. The predicted octanol–water partition coefficient (Wildman–Crippen LogP) is 4.35. The summed E-state index contributed by atoms with van der Waals surface area (Å²) in [4.78, 5) is 13.8. The van der Waals surface area contributed by atoms with Gasteiger partial charge >= 0.3 is 6.61 Å². The number of fused-ring (bicyclic) bond motifs is 1. The summed E-state index contributed by atoms with van der Waals surface area (Å²) in [7, 11) is -3.76. The Bertz CT molecular complexity index is 1190. The number of alkyl halides is 2. The fourth-order valence-electron chi connectivity index (χ4n) is 3.30. The Morgan fingerprint density at radius 1 is 1.13 bits per heavy atom. The van der Waals surface area contributed by atoms with Crippen LogP contribution in [0.2, 0.25) is 0 Å². The molecule has 1 aromatic heterocycles. The molecule has 0 fully saturated rings. The van der Waals surface area contributed by atoms with Crippen LogP contribution in [0.15, 0.2) is 64.9 Å². The van der Waals surface area contributed by atoms with E-state index < -0.39 is 22.5 Å². The van der Waals surface area contributed by atoms with Crippen molar-refractivity contribution in [3.63, 3.8) is 0 Å². The minimum absolute atomic E-state index is 0.0311. The molecule has 1 amide bonds. The minimum Gasteiger partial charge on any atom is -0.435 e. The number of anilines is 1. The Morgan fingerprint density at radius 2 is 1.90 bits per heavy atom. The molecule has 0 aliphatic carbocycles. The van der Waals surface area contributed by atoms with E-state index in [1.165, 1.54) is 57.7 Å². The number of halogens is 2. The SMILES string of the molecule is O=C(Nc1ccc(OC(F)F)cc1)c1cccc(S(=O)(=O)N2CCc3sccc3C2)c1. The number of thiophene rings is 1. The van der Waals surface area contributed by atoms with Crippen molar-refractivity contribution in [1.82, 2.24) is 4.31 Å². The van der Waals surface area contributed by atoms with Crippen molar-refractivity contribution in [3.05, 3.63) is 76.0 Å². The van der Waals surface area contributed by atoms with Gasteiger partial charge in [-0.1, -0.05) is 6.07 Å². The zero-order chi connectivity index (χ0) is 22.0. The molecule has 2 aromatic carbocycles. The Kier molecular flexibility index (Phi) is 6.03. The standard InChI is InChI=1S/C21H18F2N2O4S2/c22-21(23)29-17-6-4-16(5-7-17)24-20(26)14-2-1-3-18(12-14)31(27,28)25-10-8-19-15(13-25)9-11-30-19/h1-7,9,11-12,21H,8,10,13H2,(H,24,26). The van der Waals surface area contributed by atoms with Crippen molar-refractivity contribution < 1.29 is 26.7 Å². The molecular formula is C21H18F2N2O4S2. The second kappa shape index (κ2) is 8.74. The molecule has 0 saturated carbocycles. The minimum atomic E-state index is -3.76. The molecule has 0 radical (unpaired) electrons. The van der Waals surface area contributed by atoms with E-state index in [0.717, 1.165) is 5.56 Å². The van der Waals surface area contributed by atoms with Gasteiger partial charge in [0.25, 0.3) is 5.91 Å². The van der Waals surface area contributed by atoms with E-state index in [9.17, 15) is 22.0 Å². The van der Waals surface area contributed by atoms with Crippen molar-refractivity contribution in [2.24, 2.45) is 0 Å².